The quantitative estimate of drug-likeness (QED) is 0.463. The largest absolute Gasteiger partial charge is 0.480 e. The molecule has 104 valence electrons. The summed E-state index contributed by atoms with van der Waals surface area (Å²) in [4.78, 5) is 11.1. The molecule has 3 N–H and O–H groups in total. The van der Waals surface area contributed by atoms with E-state index in [1.165, 1.54) is 7.11 Å². The Hall–Kier alpha value is -1.24. The number of carboxylic acid groups (broad SMARTS) is 1. The molecule has 0 heterocycles. The maximum absolute atomic E-state index is 11.1. The number of nitrogens with one attached hydrogen (secondary N) is 2. The molecule has 1 unspecified atom stereocenters. The predicted octanol–water partition coefficient (Wildman–Crippen LogP) is 0.835. The molecule has 0 amide bonds. The van der Waals surface area contributed by atoms with Gasteiger partial charge in [0.1, 0.15) is 6.04 Å². The first-order valence-electron chi connectivity index (χ1n) is 6.01. The van der Waals surface area contributed by atoms with Gasteiger partial charge in [0.05, 0.1) is 0 Å². The van der Waals surface area contributed by atoms with Crippen LogP contribution in [0.15, 0.2) is 24.3 Å². The number of hydrogen-bond acceptors (Lipinski definition) is 4. The average Bonchev–Trinajstić information content (AvgIpc) is 2.42. The van der Waals surface area contributed by atoms with Gasteiger partial charge in [-0.1, -0.05) is 12.1 Å². The Labute approximate surface area is 118 Å². The van der Waals surface area contributed by atoms with E-state index in [1.54, 1.807) is 0 Å². The lowest BCUT2D eigenvalue weighted by Crippen LogP contribution is -2.41. The van der Waals surface area contributed by atoms with Crippen LogP contribution in [-0.4, -0.2) is 44.3 Å². The molecule has 1 atom stereocenters. The zero-order valence-corrected chi connectivity index (χ0v) is 11.6. The Kier molecular flexibility index (Phi) is 7.32. The number of halogens is 1. The van der Waals surface area contributed by atoms with Crippen LogP contribution in [0.3, 0.4) is 0 Å². The van der Waals surface area contributed by atoms with Crippen molar-refractivity contribution in [2.24, 2.45) is 0 Å². The van der Waals surface area contributed by atoms with Crippen LogP contribution in [0.1, 0.15) is 5.56 Å². The Morgan fingerprint density at radius 1 is 1.47 bits per heavy atom. The third-order valence-corrected chi connectivity index (χ3v) is 2.78. The van der Waals surface area contributed by atoms with Gasteiger partial charge in [-0.05, 0) is 24.1 Å². The molecule has 1 aromatic rings. The van der Waals surface area contributed by atoms with Crippen LogP contribution in [0.4, 0.5) is 5.69 Å². The molecule has 0 aromatic heterocycles. The third kappa shape index (κ3) is 5.96. The maximum atomic E-state index is 11.1. The molecule has 1 rings (SSSR count). The first-order chi connectivity index (χ1) is 9.17. The van der Waals surface area contributed by atoms with Gasteiger partial charge in [-0.3, -0.25) is 4.79 Å². The molecular formula is C12H18BClN2O3. The van der Waals surface area contributed by atoms with Crippen molar-refractivity contribution in [3.63, 3.8) is 0 Å². The van der Waals surface area contributed by atoms with E-state index >= 15 is 0 Å². The van der Waals surface area contributed by atoms with Crippen molar-refractivity contribution in [1.29, 1.82) is 0 Å². The summed E-state index contributed by atoms with van der Waals surface area (Å²) in [5, 5.41) is 15.0. The Balaban J connectivity index is 2.56. The molecule has 0 saturated carbocycles. The molecule has 0 aliphatic carbocycles. The fourth-order valence-electron chi connectivity index (χ4n) is 1.62. The molecule has 0 spiro atoms. The van der Waals surface area contributed by atoms with Gasteiger partial charge in [0.15, 0.2) is 0 Å². The summed E-state index contributed by atoms with van der Waals surface area (Å²) >= 11 is 5.59. The summed E-state index contributed by atoms with van der Waals surface area (Å²) < 4.78 is 4.83. The minimum Gasteiger partial charge on any atom is -0.480 e. The van der Waals surface area contributed by atoms with Crippen LogP contribution in [0, 0.1) is 0 Å². The lowest BCUT2D eigenvalue weighted by molar-refractivity contribution is -0.139. The van der Waals surface area contributed by atoms with Gasteiger partial charge in [0, 0.05) is 25.2 Å². The van der Waals surface area contributed by atoms with Crippen molar-refractivity contribution in [3.8, 4) is 0 Å². The van der Waals surface area contributed by atoms with Gasteiger partial charge in [-0.25, -0.2) is 0 Å². The molecule has 19 heavy (non-hydrogen) atoms. The number of rotatable bonds is 9. The van der Waals surface area contributed by atoms with E-state index in [-0.39, 0.29) is 7.62 Å². The van der Waals surface area contributed by atoms with E-state index in [1.807, 2.05) is 24.3 Å². The lowest BCUT2D eigenvalue weighted by atomic mass is 10.0. The average molecular weight is 285 g/mol. The second-order valence-corrected chi connectivity index (χ2v) is 4.42. The highest BCUT2D eigenvalue weighted by Crippen LogP contribution is 2.11. The van der Waals surface area contributed by atoms with Crippen molar-refractivity contribution >= 4 is 30.9 Å². The molecular weight excluding hydrogens is 266 g/mol. The fraction of sp³-hybridized carbons (Fsp3) is 0.417. The minimum atomic E-state index is -0.888. The summed E-state index contributed by atoms with van der Waals surface area (Å²) in [7, 11) is 1.73. The van der Waals surface area contributed by atoms with Crippen LogP contribution >= 0.6 is 11.6 Å². The Morgan fingerprint density at radius 2 is 2.16 bits per heavy atom. The van der Waals surface area contributed by atoms with Crippen LogP contribution in [0.2, 0.25) is 0 Å². The zero-order chi connectivity index (χ0) is 14.1. The molecule has 5 nitrogen and oxygen atoms in total. The first-order valence-corrected chi connectivity index (χ1v) is 6.54. The molecule has 0 radical (unpaired) electrons. The molecule has 1 aromatic carbocycles. The van der Waals surface area contributed by atoms with Crippen LogP contribution in [0.25, 0.3) is 0 Å². The summed E-state index contributed by atoms with van der Waals surface area (Å²) in [6.45, 7) is 0.702. The van der Waals surface area contributed by atoms with E-state index in [0.717, 1.165) is 11.3 Å². The Morgan fingerprint density at radius 3 is 2.68 bits per heavy atom. The summed E-state index contributed by atoms with van der Waals surface area (Å²) in [6, 6.07) is 6.98. The molecule has 0 aliphatic heterocycles. The van der Waals surface area contributed by atoms with Crippen LogP contribution < -0.4 is 10.5 Å². The molecule has 0 fully saturated rings. The molecule has 0 aliphatic rings. The number of alkyl halides is 1. The van der Waals surface area contributed by atoms with Gasteiger partial charge >= 0.3 is 13.6 Å². The number of benzene rings is 1. The normalized spacial score (nSPS) is 11.9. The van der Waals surface area contributed by atoms with Gasteiger partial charge in [0.25, 0.3) is 0 Å². The number of carboxylic acids is 1. The van der Waals surface area contributed by atoms with E-state index in [0.29, 0.717) is 18.8 Å². The van der Waals surface area contributed by atoms with Crippen molar-refractivity contribution in [2.75, 3.05) is 24.9 Å². The maximum Gasteiger partial charge on any atom is 0.361 e. The lowest BCUT2D eigenvalue weighted by Gasteiger charge is -2.13. The fourth-order valence-corrected chi connectivity index (χ4v) is 1.71. The van der Waals surface area contributed by atoms with Crippen molar-refractivity contribution in [1.82, 2.24) is 5.23 Å². The van der Waals surface area contributed by atoms with Crippen molar-refractivity contribution in [2.45, 2.75) is 12.5 Å². The molecule has 0 bridgehead atoms. The topological polar surface area (TPSA) is 70.6 Å². The van der Waals surface area contributed by atoms with Gasteiger partial charge in [-0.15, -0.1) is 11.6 Å². The van der Waals surface area contributed by atoms with Gasteiger partial charge in [-0.2, -0.15) is 0 Å². The first kappa shape index (κ1) is 15.8. The Bertz CT molecular complexity index is 389. The van der Waals surface area contributed by atoms with Gasteiger partial charge in [0.2, 0.25) is 0 Å². The number of anilines is 1. The second-order valence-electron chi connectivity index (χ2n) is 4.04. The van der Waals surface area contributed by atoms with Crippen LogP contribution in [0.5, 0.6) is 0 Å². The highest BCUT2D eigenvalue weighted by molar-refractivity contribution is 6.24. The number of aliphatic carboxylic acids is 1. The minimum absolute atomic E-state index is 0.215. The highest BCUT2D eigenvalue weighted by Gasteiger charge is 2.17. The molecule has 0 saturated heterocycles. The monoisotopic (exact) mass is 284 g/mol. The predicted molar refractivity (Wildman–Crippen MR) is 78.1 cm³/mol. The standard InChI is InChI=1S/C12H18BClN2O3/c1-19-13-16-11(12(17)18)8-9-2-4-10(5-3-9)15-7-6-14/h2-5,11,13,15-16H,6-8H2,1H3,(H,17,18). The van der Waals surface area contributed by atoms with Crippen molar-refractivity contribution in [3.05, 3.63) is 29.8 Å². The highest BCUT2D eigenvalue weighted by atomic mass is 35.5. The third-order valence-electron chi connectivity index (χ3n) is 2.59. The summed E-state index contributed by atoms with van der Waals surface area (Å²) in [5.74, 6) is -0.342. The summed E-state index contributed by atoms with van der Waals surface area (Å²) in [5.41, 5.74) is 1.92. The van der Waals surface area contributed by atoms with Crippen molar-refractivity contribution < 1.29 is 14.6 Å². The van der Waals surface area contributed by atoms with E-state index in [4.69, 9.17) is 21.4 Å². The van der Waals surface area contributed by atoms with Gasteiger partial charge < -0.3 is 20.3 Å². The smallest absolute Gasteiger partial charge is 0.361 e. The second kappa shape index (κ2) is 8.80. The summed E-state index contributed by atoms with van der Waals surface area (Å²) in [6.07, 6.45) is 0.411. The van der Waals surface area contributed by atoms with E-state index in [9.17, 15) is 4.79 Å². The number of hydrogen-bond donors (Lipinski definition) is 3. The van der Waals surface area contributed by atoms with Crippen LogP contribution in [-0.2, 0) is 15.9 Å². The molecule has 7 heteroatoms. The van der Waals surface area contributed by atoms with E-state index in [2.05, 4.69) is 10.5 Å². The number of carbonyl (C=O) groups is 1. The SMILES string of the molecule is COBNC(Cc1ccc(NCCCl)cc1)C(=O)O. The van der Waals surface area contributed by atoms with E-state index < -0.39 is 12.0 Å². The zero-order valence-electron chi connectivity index (χ0n) is 10.9.